The van der Waals surface area contributed by atoms with E-state index in [1.807, 2.05) is 0 Å². The van der Waals surface area contributed by atoms with E-state index in [1.165, 1.54) is 64.2 Å². The van der Waals surface area contributed by atoms with Crippen LogP contribution in [-0.4, -0.2) is 40.9 Å². The molecule has 0 unspecified atom stereocenters. The van der Waals surface area contributed by atoms with Gasteiger partial charge in [0.05, 0.1) is 6.04 Å². The molecule has 32 heavy (non-hydrogen) atoms. The molecule has 186 valence electrons. The molecule has 0 bridgehead atoms. The number of nitrogens with one attached hydrogen (secondary N) is 2. The Morgan fingerprint density at radius 1 is 0.969 bits per heavy atom. The summed E-state index contributed by atoms with van der Waals surface area (Å²) in [5, 5.41) is 15.1. The van der Waals surface area contributed by atoms with Gasteiger partial charge in [0.2, 0.25) is 0 Å². The van der Waals surface area contributed by atoms with Crippen LogP contribution >= 0.6 is 0 Å². The Balaban J connectivity index is 0.000000339. The summed E-state index contributed by atoms with van der Waals surface area (Å²) in [6.45, 7) is 9.09. The van der Waals surface area contributed by atoms with E-state index in [-0.39, 0.29) is 12.5 Å². The predicted molar refractivity (Wildman–Crippen MR) is 131 cm³/mol. The normalized spacial score (nSPS) is 18.7. The number of amides is 1. The minimum atomic E-state index is -0.771. The molecule has 0 radical (unpaired) electrons. The molecule has 2 aliphatic carbocycles. The highest BCUT2D eigenvalue weighted by molar-refractivity contribution is 5.68. The topological polar surface area (TPSA) is 87.7 Å². The van der Waals surface area contributed by atoms with E-state index in [0.717, 1.165) is 31.3 Å². The lowest BCUT2D eigenvalue weighted by molar-refractivity contribution is -0.137. The molecule has 0 aromatic heterocycles. The molecule has 0 saturated heterocycles. The van der Waals surface area contributed by atoms with E-state index in [9.17, 15) is 9.59 Å². The first kappa shape index (κ1) is 28.5. The van der Waals surface area contributed by atoms with Gasteiger partial charge in [0, 0.05) is 18.5 Å². The molecular weight excluding hydrogens is 404 g/mol. The highest BCUT2D eigenvalue weighted by Gasteiger charge is 2.19. The van der Waals surface area contributed by atoms with Gasteiger partial charge < -0.3 is 20.5 Å². The monoisotopic (exact) mass is 452 g/mol. The third-order valence-corrected chi connectivity index (χ3v) is 6.07. The molecule has 1 amide bonds. The van der Waals surface area contributed by atoms with Gasteiger partial charge in [0.25, 0.3) is 0 Å². The summed E-state index contributed by atoms with van der Waals surface area (Å²) in [4.78, 5) is 21.9. The number of carbonyl (C=O) groups is 2. The summed E-state index contributed by atoms with van der Waals surface area (Å²) < 4.78 is 5.15. The summed E-state index contributed by atoms with van der Waals surface area (Å²) in [6.07, 6.45) is 19.0. The quantitative estimate of drug-likeness (QED) is 0.266. The van der Waals surface area contributed by atoms with E-state index in [4.69, 9.17) is 9.84 Å². The highest BCUT2D eigenvalue weighted by atomic mass is 16.6. The number of carbonyl (C=O) groups excluding carboxylic acids is 1. The Morgan fingerprint density at radius 2 is 1.50 bits per heavy atom. The second kappa shape index (κ2) is 16.1. The van der Waals surface area contributed by atoms with E-state index >= 15 is 0 Å². The maximum atomic E-state index is 11.5. The van der Waals surface area contributed by atoms with Crippen molar-refractivity contribution in [2.45, 2.75) is 141 Å². The van der Waals surface area contributed by atoms with E-state index in [1.54, 1.807) is 26.8 Å². The molecule has 1 atom stereocenters. The van der Waals surface area contributed by atoms with Crippen molar-refractivity contribution < 1.29 is 19.4 Å². The summed E-state index contributed by atoms with van der Waals surface area (Å²) in [7, 11) is 0. The van der Waals surface area contributed by atoms with Crippen LogP contribution in [0.5, 0.6) is 0 Å². The summed E-state index contributed by atoms with van der Waals surface area (Å²) in [5.74, 6) is -0.771. The maximum absolute atomic E-state index is 11.5. The molecule has 0 aromatic carbocycles. The van der Waals surface area contributed by atoms with Crippen LogP contribution in [0, 0.1) is 0 Å². The fourth-order valence-electron chi connectivity index (χ4n) is 4.40. The van der Waals surface area contributed by atoms with Crippen molar-refractivity contribution in [3.63, 3.8) is 0 Å². The maximum Gasteiger partial charge on any atom is 0.408 e. The number of alkyl carbamates (subject to hydrolysis) is 1. The second-order valence-corrected chi connectivity index (χ2v) is 10.3. The smallest absolute Gasteiger partial charge is 0.408 e. The van der Waals surface area contributed by atoms with Crippen molar-refractivity contribution in [1.29, 1.82) is 0 Å². The fourth-order valence-corrected chi connectivity index (χ4v) is 4.40. The average molecular weight is 453 g/mol. The number of carboxylic acid groups (broad SMARTS) is 1. The summed E-state index contributed by atoms with van der Waals surface area (Å²) >= 11 is 0. The van der Waals surface area contributed by atoms with Gasteiger partial charge in [-0.3, -0.25) is 4.79 Å². The molecular formula is C26H48N2O4. The van der Waals surface area contributed by atoms with Crippen LogP contribution < -0.4 is 10.6 Å². The van der Waals surface area contributed by atoms with Crippen molar-refractivity contribution in [2.75, 3.05) is 0 Å². The lowest BCUT2D eigenvalue weighted by atomic mass is 9.91. The molecule has 2 fully saturated rings. The third kappa shape index (κ3) is 15.3. The molecule has 6 nitrogen and oxygen atoms in total. The summed E-state index contributed by atoms with van der Waals surface area (Å²) in [5.41, 5.74) is -0.517. The standard InChI is InChI=1S/C14H25NO4.C12H23N/c1-5-11(9-7-6-8-10-12(16)17)15-13(18)19-14(2,3)4;1-3-7-11(8-4-1)13-12-9-5-2-6-10-12/h5,11H,1,6-10H2,2-4H3,(H,15,18)(H,16,17);11-13H,1-10H2/t11-;/m0./s1. The lowest BCUT2D eigenvalue weighted by Gasteiger charge is -2.30. The van der Waals surface area contributed by atoms with E-state index in [2.05, 4.69) is 17.2 Å². The van der Waals surface area contributed by atoms with Crippen molar-refractivity contribution in [3.8, 4) is 0 Å². The van der Waals surface area contributed by atoms with Gasteiger partial charge in [-0.15, -0.1) is 6.58 Å². The highest BCUT2D eigenvalue weighted by Crippen LogP contribution is 2.22. The van der Waals surface area contributed by atoms with Crippen LogP contribution in [0.25, 0.3) is 0 Å². The molecule has 3 N–H and O–H groups in total. The molecule has 0 aliphatic heterocycles. The first-order chi connectivity index (χ1) is 15.2. The molecule has 0 heterocycles. The molecule has 2 rings (SSSR count). The summed E-state index contributed by atoms with van der Waals surface area (Å²) in [6, 6.07) is 1.60. The first-order valence-electron chi connectivity index (χ1n) is 12.8. The molecule has 2 saturated carbocycles. The average Bonchev–Trinajstić information content (AvgIpc) is 2.73. The zero-order valence-electron chi connectivity index (χ0n) is 20.8. The van der Waals surface area contributed by atoms with Gasteiger partial charge in [0.15, 0.2) is 0 Å². The van der Waals surface area contributed by atoms with Crippen LogP contribution in [-0.2, 0) is 9.53 Å². The van der Waals surface area contributed by atoms with Crippen molar-refractivity contribution in [1.82, 2.24) is 10.6 Å². The largest absolute Gasteiger partial charge is 0.481 e. The Labute approximate surface area is 195 Å². The Hall–Kier alpha value is -1.56. The van der Waals surface area contributed by atoms with Gasteiger partial charge >= 0.3 is 12.1 Å². The van der Waals surface area contributed by atoms with Crippen molar-refractivity contribution in [2.24, 2.45) is 0 Å². The van der Waals surface area contributed by atoms with E-state index in [0.29, 0.717) is 6.42 Å². The number of aliphatic carboxylic acids is 1. The first-order valence-corrected chi connectivity index (χ1v) is 12.8. The van der Waals surface area contributed by atoms with Gasteiger partial charge in [-0.05, 0) is 59.3 Å². The van der Waals surface area contributed by atoms with Crippen LogP contribution in [0.4, 0.5) is 4.79 Å². The minimum absolute atomic E-state index is 0.139. The van der Waals surface area contributed by atoms with Crippen LogP contribution in [0.15, 0.2) is 12.7 Å². The second-order valence-electron chi connectivity index (χ2n) is 10.3. The van der Waals surface area contributed by atoms with Crippen LogP contribution in [0.1, 0.15) is 117 Å². The number of unbranched alkanes of at least 4 members (excludes halogenated alkanes) is 2. The Morgan fingerprint density at radius 3 is 1.94 bits per heavy atom. The number of rotatable bonds is 10. The SMILES string of the molecule is C1CCC(NC2CCCCC2)CC1.C=C[C@@H](CCCCCC(=O)O)NC(=O)OC(C)(C)C. The molecule has 0 aromatic rings. The number of carboxylic acids is 1. The molecule has 0 spiro atoms. The molecule has 2 aliphatic rings. The lowest BCUT2D eigenvalue weighted by Crippen LogP contribution is -2.40. The Bertz CT molecular complexity index is 516. The number of ether oxygens (including phenoxy) is 1. The predicted octanol–water partition coefficient (Wildman–Crippen LogP) is 6.34. The van der Waals surface area contributed by atoms with E-state index < -0.39 is 17.7 Å². The fraction of sp³-hybridized carbons (Fsp3) is 0.846. The Kier molecular flexibility index (Phi) is 14.3. The van der Waals surface area contributed by atoms with Crippen LogP contribution in [0.3, 0.4) is 0 Å². The molecule has 6 heteroatoms. The third-order valence-electron chi connectivity index (χ3n) is 6.07. The van der Waals surface area contributed by atoms with Crippen molar-refractivity contribution >= 4 is 12.1 Å². The van der Waals surface area contributed by atoms with Crippen molar-refractivity contribution in [3.05, 3.63) is 12.7 Å². The van der Waals surface area contributed by atoms with Crippen LogP contribution in [0.2, 0.25) is 0 Å². The van der Waals surface area contributed by atoms with Gasteiger partial charge in [-0.2, -0.15) is 0 Å². The number of hydrogen-bond donors (Lipinski definition) is 3. The zero-order valence-corrected chi connectivity index (χ0v) is 20.8. The van der Waals surface area contributed by atoms with Gasteiger partial charge in [-0.1, -0.05) is 57.4 Å². The van der Waals surface area contributed by atoms with Gasteiger partial charge in [-0.25, -0.2) is 4.79 Å². The minimum Gasteiger partial charge on any atom is -0.481 e. The zero-order chi connectivity index (χ0) is 23.8. The number of hydrogen-bond acceptors (Lipinski definition) is 4. The van der Waals surface area contributed by atoms with Gasteiger partial charge in [0.1, 0.15) is 5.60 Å².